The first-order chi connectivity index (χ1) is 15.1. The van der Waals surface area contributed by atoms with Crippen molar-refractivity contribution in [2.75, 3.05) is 14.2 Å². The lowest BCUT2D eigenvalue weighted by atomic mass is 9.85. The number of ether oxygens (including phenoxy) is 2. The van der Waals surface area contributed by atoms with Crippen LogP contribution in [-0.4, -0.2) is 24.3 Å². The highest BCUT2D eigenvalue weighted by Gasteiger charge is 2.34. The minimum atomic E-state index is -1.23. The van der Waals surface area contributed by atoms with Gasteiger partial charge >= 0.3 is 0 Å². The highest BCUT2D eigenvalue weighted by atomic mass is 16.5. The van der Waals surface area contributed by atoms with Crippen molar-refractivity contribution in [3.8, 4) is 11.5 Å². The second kappa shape index (κ2) is 9.23. The Labute approximate surface area is 182 Å². The SMILES string of the molecule is COc1ccc(CC(O)(Cc2ccc(OC)cc2)c2coc(C3=CCCC=C3)n2)cc1. The Hall–Kier alpha value is -3.31. The Morgan fingerprint density at radius 3 is 1.97 bits per heavy atom. The van der Waals surface area contributed by atoms with E-state index in [4.69, 9.17) is 13.9 Å². The van der Waals surface area contributed by atoms with Gasteiger partial charge in [0.2, 0.25) is 5.89 Å². The standard InChI is InChI=1S/C26H27NO4/c1-29-22-12-8-19(9-13-22)16-26(28,17-20-10-14-23(30-2)15-11-20)24-18-31-25(27-24)21-6-4-3-5-7-21/h4,6-15,18,28H,3,5,16-17H2,1-2H3. The Bertz CT molecular complexity index is 1010. The van der Waals surface area contributed by atoms with Crippen molar-refractivity contribution in [1.29, 1.82) is 0 Å². The van der Waals surface area contributed by atoms with Gasteiger partial charge < -0.3 is 19.0 Å². The van der Waals surface area contributed by atoms with E-state index < -0.39 is 5.60 Å². The third-order valence-corrected chi connectivity index (χ3v) is 5.53. The summed E-state index contributed by atoms with van der Waals surface area (Å²) in [5, 5.41) is 11.8. The van der Waals surface area contributed by atoms with E-state index in [1.165, 1.54) is 0 Å². The topological polar surface area (TPSA) is 64.7 Å². The predicted octanol–water partition coefficient (Wildman–Crippen LogP) is 5.10. The molecule has 1 aliphatic rings. The quantitative estimate of drug-likeness (QED) is 0.553. The van der Waals surface area contributed by atoms with E-state index in [-0.39, 0.29) is 0 Å². The normalized spacial score (nSPS) is 13.7. The average molecular weight is 418 g/mol. The summed E-state index contributed by atoms with van der Waals surface area (Å²) >= 11 is 0. The molecule has 0 fully saturated rings. The number of aromatic nitrogens is 1. The zero-order valence-corrected chi connectivity index (χ0v) is 17.9. The number of nitrogens with zero attached hydrogens (tertiary/aromatic N) is 1. The minimum Gasteiger partial charge on any atom is -0.497 e. The van der Waals surface area contributed by atoms with Crippen LogP contribution in [0.2, 0.25) is 0 Å². The Morgan fingerprint density at radius 2 is 1.48 bits per heavy atom. The number of hydrogen-bond donors (Lipinski definition) is 1. The van der Waals surface area contributed by atoms with Crippen molar-refractivity contribution in [3.05, 3.63) is 95.7 Å². The van der Waals surface area contributed by atoms with Crippen molar-refractivity contribution in [2.45, 2.75) is 31.3 Å². The second-order valence-electron chi connectivity index (χ2n) is 7.76. The van der Waals surface area contributed by atoms with Gasteiger partial charge in [-0.25, -0.2) is 4.98 Å². The molecule has 1 heterocycles. The Balaban J connectivity index is 1.66. The highest BCUT2D eigenvalue weighted by Crippen LogP contribution is 2.32. The maximum Gasteiger partial charge on any atom is 0.225 e. The zero-order valence-electron chi connectivity index (χ0n) is 17.9. The van der Waals surface area contributed by atoms with Crippen molar-refractivity contribution in [2.24, 2.45) is 0 Å². The summed E-state index contributed by atoms with van der Waals surface area (Å²) < 4.78 is 16.3. The molecule has 0 unspecified atom stereocenters. The van der Waals surface area contributed by atoms with E-state index in [2.05, 4.69) is 17.1 Å². The fourth-order valence-corrected chi connectivity index (χ4v) is 3.80. The van der Waals surface area contributed by atoms with Gasteiger partial charge in [-0.1, -0.05) is 42.5 Å². The van der Waals surface area contributed by atoms with Crippen LogP contribution >= 0.6 is 0 Å². The summed E-state index contributed by atoms with van der Waals surface area (Å²) in [6.07, 6.45) is 10.6. The third-order valence-electron chi connectivity index (χ3n) is 5.53. The molecular formula is C26H27NO4. The maximum atomic E-state index is 11.8. The maximum absolute atomic E-state index is 11.8. The number of aliphatic hydroxyl groups is 1. The molecule has 1 N–H and O–H groups in total. The lowest BCUT2D eigenvalue weighted by molar-refractivity contribution is 0.0325. The highest BCUT2D eigenvalue weighted by molar-refractivity contribution is 5.69. The van der Waals surface area contributed by atoms with Crippen LogP contribution in [0.1, 0.15) is 35.6 Å². The van der Waals surface area contributed by atoms with Gasteiger partial charge in [0.1, 0.15) is 29.1 Å². The molecule has 0 saturated carbocycles. The molecule has 5 nitrogen and oxygen atoms in total. The van der Waals surface area contributed by atoms with Crippen molar-refractivity contribution < 1.29 is 19.0 Å². The molecule has 0 radical (unpaired) electrons. The van der Waals surface area contributed by atoms with Crippen LogP contribution in [-0.2, 0) is 18.4 Å². The van der Waals surface area contributed by atoms with Gasteiger partial charge in [-0.3, -0.25) is 0 Å². The molecule has 4 rings (SSSR count). The number of rotatable bonds is 8. The Kier molecular flexibility index (Phi) is 6.23. The van der Waals surface area contributed by atoms with Crippen LogP contribution in [0, 0.1) is 0 Å². The molecule has 0 atom stereocenters. The molecule has 0 spiro atoms. The van der Waals surface area contributed by atoms with Gasteiger partial charge in [0.25, 0.3) is 0 Å². The summed E-state index contributed by atoms with van der Waals surface area (Å²) in [4.78, 5) is 4.68. The van der Waals surface area contributed by atoms with E-state index in [0.717, 1.165) is 41.0 Å². The zero-order chi connectivity index (χ0) is 21.7. The van der Waals surface area contributed by atoms with Gasteiger partial charge in [-0.15, -0.1) is 0 Å². The molecule has 31 heavy (non-hydrogen) atoms. The first-order valence-corrected chi connectivity index (χ1v) is 10.4. The minimum absolute atomic E-state index is 0.393. The van der Waals surface area contributed by atoms with E-state index >= 15 is 0 Å². The largest absolute Gasteiger partial charge is 0.497 e. The van der Waals surface area contributed by atoms with Crippen LogP contribution in [0.5, 0.6) is 11.5 Å². The molecule has 1 aliphatic carbocycles. The fraction of sp³-hybridized carbons (Fsp3) is 0.269. The van der Waals surface area contributed by atoms with Crippen molar-refractivity contribution in [3.63, 3.8) is 0 Å². The molecule has 0 amide bonds. The molecule has 1 aromatic heterocycles. The molecule has 0 saturated heterocycles. The summed E-state index contributed by atoms with van der Waals surface area (Å²) in [5.74, 6) is 2.10. The molecule has 0 bridgehead atoms. The number of allylic oxidation sites excluding steroid dienone is 4. The van der Waals surface area contributed by atoms with Gasteiger partial charge in [0, 0.05) is 18.4 Å². The van der Waals surface area contributed by atoms with Crippen LogP contribution in [0.3, 0.4) is 0 Å². The van der Waals surface area contributed by atoms with E-state index in [1.54, 1.807) is 20.5 Å². The summed E-state index contributed by atoms with van der Waals surface area (Å²) in [6.45, 7) is 0. The van der Waals surface area contributed by atoms with E-state index in [9.17, 15) is 5.11 Å². The molecule has 0 aliphatic heterocycles. The van der Waals surface area contributed by atoms with E-state index in [0.29, 0.717) is 24.4 Å². The number of benzene rings is 2. The fourth-order valence-electron chi connectivity index (χ4n) is 3.80. The smallest absolute Gasteiger partial charge is 0.225 e. The van der Waals surface area contributed by atoms with Gasteiger partial charge in [0.05, 0.1) is 14.2 Å². The second-order valence-corrected chi connectivity index (χ2v) is 7.76. The summed E-state index contributed by atoms with van der Waals surface area (Å²) in [6, 6.07) is 15.4. The molecule has 3 aromatic rings. The first-order valence-electron chi connectivity index (χ1n) is 10.4. The number of methoxy groups -OCH3 is 2. The summed E-state index contributed by atoms with van der Waals surface area (Å²) in [5.41, 5.74) is 2.21. The summed E-state index contributed by atoms with van der Waals surface area (Å²) in [7, 11) is 3.28. The van der Waals surface area contributed by atoms with E-state index in [1.807, 2.05) is 54.6 Å². The molecular weight excluding hydrogens is 390 g/mol. The lowest BCUT2D eigenvalue weighted by Gasteiger charge is -2.26. The van der Waals surface area contributed by atoms with Gasteiger partial charge in [0.15, 0.2) is 0 Å². The third kappa shape index (κ3) is 4.89. The predicted molar refractivity (Wildman–Crippen MR) is 120 cm³/mol. The lowest BCUT2D eigenvalue weighted by Crippen LogP contribution is -2.32. The van der Waals surface area contributed by atoms with Gasteiger partial charge in [-0.05, 0) is 48.2 Å². The average Bonchev–Trinajstić information content (AvgIpc) is 3.32. The van der Waals surface area contributed by atoms with Crippen molar-refractivity contribution >= 4 is 5.57 Å². The molecule has 160 valence electrons. The van der Waals surface area contributed by atoms with Crippen molar-refractivity contribution in [1.82, 2.24) is 4.98 Å². The monoisotopic (exact) mass is 417 g/mol. The number of oxazole rings is 1. The first kappa shape index (κ1) is 20.9. The van der Waals surface area contributed by atoms with Crippen LogP contribution in [0.4, 0.5) is 0 Å². The Morgan fingerprint density at radius 1 is 0.903 bits per heavy atom. The van der Waals surface area contributed by atoms with Crippen LogP contribution in [0.15, 0.2) is 77.4 Å². The van der Waals surface area contributed by atoms with Crippen LogP contribution in [0.25, 0.3) is 5.57 Å². The molecule has 5 heteroatoms. The molecule has 2 aromatic carbocycles. The number of hydrogen-bond acceptors (Lipinski definition) is 5. The van der Waals surface area contributed by atoms with Gasteiger partial charge in [-0.2, -0.15) is 0 Å². The van der Waals surface area contributed by atoms with Crippen LogP contribution < -0.4 is 9.47 Å².